The lowest BCUT2D eigenvalue weighted by molar-refractivity contribution is 0.102. The Morgan fingerprint density at radius 2 is 1.81 bits per heavy atom. The first-order chi connectivity index (χ1) is 12.6. The maximum Gasteiger partial charge on any atom is 0.275 e. The van der Waals surface area contributed by atoms with Crippen molar-refractivity contribution >= 4 is 46.3 Å². The zero-order valence-corrected chi connectivity index (χ0v) is 15.5. The second-order valence-electron chi connectivity index (χ2n) is 5.40. The van der Waals surface area contributed by atoms with E-state index in [1.54, 1.807) is 24.4 Å². The van der Waals surface area contributed by atoms with Crippen LogP contribution < -0.4 is 10.2 Å². The summed E-state index contributed by atoms with van der Waals surface area (Å²) in [7, 11) is 0. The molecule has 0 fully saturated rings. The first-order valence-corrected chi connectivity index (χ1v) is 8.75. The van der Waals surface area contributed by atoms with E-state index in [1.165, 1.54) is 6.20 Å². The predicted octanol–water partition coefficient (Wildman–Crippen LogP) is 5.19. The molecule has 1 aromatic heterocycles. The summed E-state index contributed by atoms with van der Waals surface area (Å²) in [5.41, 5.74) is 1.62. The molecule has 3 rings (SSSR count). The molecule has 0 saturated heterocycles. The number of hydrogen-bond donors (Lipinski definition) is 1. The van der Waals surface area contributed by atoms with Gasteiger partial charge < -0.3 is 10.2 Å². The van der Waals surface area contributed by atoms with E-state index < -0.39 is 5.91 Å². The lowest BCUT2D eigenvalue weighted by atomic mass is 10.3. The summed E-state index contributed by atoms with van der Waals surface area (Å²) in [6, 6.07) is 14.9. The number of aromatic nitrogens is 2. The molecule has 3 aromatic rings. The SMILES string of the molecule is CCN(c1ccccc1)c1cnc(C(=O)Nc2cccc(Cl)c2Cl)cn1. The largest absolute Gasteiger partial charge is 0.325 e. The van der Waals surface area contributed by atoms with Gasteiger partial charge in [-0.15, -0.1) is 0 Å². The second kappa shape index (κ2) is 8.17. The van der Waals surface area contributed by atoms with Gasteiger partial charge in [0.15, 0.2) is 5.82 Å². The molecular formula is C19H16Cl2N4O. The summed E-state index contributed by atoms with van der Waals surface area (Å²) < 4.78 is 0. The Bertz CT molecular complexity index is 901. The van der Waals surface area contributed by atoms with Gasteiger partial charge in [0.05, 0.1) is 28.1 Å². The third-order valence-corrected chi connectivity index (χ3v) is 4.55. The molecule has 132 valence electrons. The number of halogens is 2. The third-order valence-electron chi connectivity index (χ3n) is 3.73. The first kappa shape index (κ1) is 18.2. The Hall–Kier alpha value is -2.63. The third kappa shape index (κ3) is 3.95. The van der Waals surface area contributed by atoms with E-state index in [4.69, 9.17) is 23.2 Å². The number of nitrogens with one attached hydrogen (secondary N) is 1. The van der Waals surface area contributed by atoms with E-state index in [-0.39, 0.29) is 10.7 Å². The van der Waals surface area contributed by atoms with Gasteiger partial charge in [-0.1, -0.05) is 47.5 Å². The Kier molecular flexibility index (Phi) is 5.71. The summed E-state index contributed by atoms with van der Waals surface area (Å²) in [4.78, 5) is 23.0. The van der Waals surface area contributed by atoms with E-state index in [2.05, 4.69) is 15.3 Å². The highest BCUT2D eigenvalue weighted by atomic mass is 35.5. The zero-order chi connectivity index (χ0) is 18.5. The van der Waals surface area contributed by atoms with Crippen LogP contribution in [0.5, 0.6) is 0 Å². The number of para-hydroxylation sites is 1. The molecule has 0 aliphatic heterocycles. The van der Waals surface area contributed by atoms with Crippen LogP contribution in [0.2, 0.25) is 10.0 Å². The summed E-state index contributed by atoms with van der Waals surface area (Å²) in [6.45, 7) is 2.75. The summed E-state index contributed by atoms with van der Waals surface area (Å²) in [5.74, 6) is 0.256. The van der Waals surface area contributed by atoms with Gasteiger partial charge in [0.2, 0.25) is 0 Å². The molecule has 0 spiro atoms. The number of anilines is 3. The number of carbonyl (C=O) groups is 1. The fourth-order valence-electron chi connectivity index (χ4n) is 2.45. The molecule has 0 saturated carbocycles. The topological polar surface area (TPSA) is 58.1 Å². The van der Waals surface area contributed by atoms with Crippen molar-refractivity contribution in [3.8, 4) is 0 Å². The average molecular weight is 387 g/mol. The highest BCUT2D eigenvalue weighted by molar-refractivity contribution is 6.44. The first-order valence-electron chi connectivity index (χ1n) is 8.00. The monoisotopic (exact) mass is 386 g/mol. The van der Waals surface area contributed by atoms with Crippen LogP contribution in [0.15, 0.2) is 60.9 Å². The number of nitrogens with zero attached hydrogens (tertiary/aromatic N) is 3. The molecule has 0 bridgehead atoms. The van der Waals surface area contributed by atoms with Crippen LogP contribution in [-0.4, -0.2) is 22.4 Å². The van der Waals surface area contributed by atoms with Crippen molar-refractivity contribution in [3.63, 3.8) is 0 Å². The minimum atomic E-state index is -0.407. The van der Waals surface area contributed by atoms with Crippen molar-refractivity contribution in [2.24, 2.45) is 0 Å². The van der Waals surface area contributed by atoms with Crippen LogP contribution in [0.4, 0.5) is 17.2 Å². The quantitative estimate of drug-likeness (QED) is 0.654. The summed E-state index contributed by atoms with van der Waals surface area (Å²) in [6.07, 6.45) is 3.01. The number of hydrogen-bond acceptors (Lipinski definition) is 4. The van der Waals surface area contributed by atoms with Gasteiger partial charge in [-0.3, -0.25) is 4.79 Å². The lowest BCUT2D eigenvalue weighted by Crippen LogP contribution is -2.19. The minimum absolute atomic E-state index is 0.189. The fraction of sp³-hybridized carbons (Fsp3) is 0.105. The lowest BCUT2D eigenvalue weighted by Gasteiger charge is -2.21. The molecule has 0 unspecified atom stereocenters. The van der Waals surface area contributed by atoms with E-state index >= 15 is 0 Å². The maximum absolute atomic E-state index is 12.4. The molecule has 26 heavy (non-hydrogen) atoms. The molecule has 5 nitrogen and oxygen atoms in total. The van der Waals surface area contributed by atoms with Crippen molar-refractivity contribution in [1.82, 2.24) is 9.97 Å². The average Bonchev–Trinajstić information content (AvgIpc) is 2.67. The smallest absolute Gasteiger partial charge is 0.275 e. The normalized spacial score (nSPS) is 10.4. The molecule has 2 aromatic carbocycles. The number of carbonyl (C=O) groups excluding carboxylic acids is 1. The summed E-state index contributed by atoms with van der Waals surface area (Å²) >= 11 is 12.0. The van der Waals surface area contributed by atoms with Crippen molar-refractivity contribution < 1.29 is 4.79 Å². The van der Waals surface area contributed by atoms with Crippen molar-refractivity contribution in [2.45, 2.75) is 6.92 Å². The van der Waals surface area contributed by atoms with Crippen LogP contribution in [0.25, 0.3) is 0 Å². The highest BCUT2D eigenvalue weighted by Crippen LogP contribution is 2.29. The Morgan fingerprint density at radius 1 is 1.04 bits per heavy atom. The minimum Gasteiger partial charge on any atom is -0.325 e. The van der Waals surface area contributed by atoms with Gasteiger partial charge in [0.25, 0.3) is 5.91 Å². The van der Waals surface area contributed by atoms with Crippen LogP contribution in [0.3, 0.4) is 0 Å². The molecule has 1 heterocycles. The maximum atomic E-state index is 12.4. The molecule has 0 aliphatic carbocycles. The van der Waals surface area contributed by atoms with E-state index in [0.717, 1.165) is 12.2 Å². The fourth-order valence-corrected chi connectivity index (χ4v) is 2.80. The van der Waals surface area contributed by atoms with E-state index in [1.807, 2.05) is 42.2 Å². The molecule has 0 atom stereocenters. The van der Waals surface area contributed by atoms with Crippen LogP contribution in [0, 0.1) is 0 Å². The Labute approximate surface area is 161 Å². The van der Waals surface area contributed by atoms with Crippen molar-refractivity contribution in [2.75, 3.05) is 16.8 Å². The molecule has 7 heteroatoms. The van der Waals surface area contributed by atoms with Gasteiger partial charge >= 0.3 is 0 Å². The molecule has 1 amide bonds. The van der Waals surface area contributed by atoms with E-state index in [0.29, 0.717) is 16.5 Å². The van der Waals surface area contributed by atoms with Crippen molar-refractivity contribution in [3.05, 3.63) is 76.7 Å². The van der Waals surface area contributed by atoms with E-state index in [9.17, 15) is 4.79 Å². The number of benzene rings is 2. The van der Waals surface area contributed by atoms with Gasteiger partial charge in [0.1, 0.15) is 5.69 Å². The number of amides is 1. The van der Waals surface area contributed by atoms with Crippen LogP contribution in [0.1, 0.15) is 17.4 Å². The molecular weight excluding hydrogens is 371 g/mol. The van der Waals surface area contributed by atoms with Gasteiger partial charge in [-0.05, 0) is 31.2 Å². The van der Waals surface area contributed by atoms with Gasteiger partial charge in [0, 0.05) is 12.2 Å². The Balaban J connectivity index is 1.78. The highest BCUT2D eigenvalue weighted by Gasteiger charge is 2.14. The molecule has 1 N–H and O–H groups in total. The van der Waals surface area contributed by atoms with Gasteiger partial charge in [-0.2, -0.15) is 0 Å². The number of rotatable bonds is 5. The second-order valence-corrected chi connectivity index (χ2v) is 6.18. The Morgan fingerprint density at radius 3 is 2.46 bits per heavy atom. The van der Waals surface area contributed by atoms with Crippen molar-refractivity contribution in [1.29, 1.82) is 0 Å². The predicted molar refractivity (Wildman–Crippen MR) is 106 cm³/mol. The van der Waals surface area contributed by atoms with Crippen LogP contribution >= 0.6 is 23.2 Å². The van der Waals surface area contributed by atoms with Gasteiger partial charge in [-0.25, -0.2) is 9.97 Å². The zero-order valence-electron chi connectivity index (χ0n) is 14.0. The standard InChI is InChI=1S/C19H16Cl2N4O/c1-2-25(13-7-4-3-5-8-13)17-12-22-16(11-23-17)19(26)24-15-10-6-9-14(20)18(15)21/h3-12H,2H2,1H3,(H,24,26). The molecule has 0 aliphatic rings. The van der Waals surface area contributed by atoms with Crippen LogP contribution in [-0.2, 0) is 0 Å². The molecule has 0 radical (unpaired) electrons. The summed E-state index contributed by atoms with van der Waals surface area (Å²) in [5, 5.41) is 3.34.